The van der Waals surface area contributed by atoms with Crippen LogP contribution >= 0.6 is 0 Å². The quantitative estimate of drug-likeness (QED) is 0.541. The molecule has 5 rings (SSSR count). The predicted molar refractivity (Wildman–Crippen MR) is 101 cm³/mol. The second-order valence-corrected chi connectivity index (χ2v) is 9.58. The molecule has 0 aromatic rings. The van der Waals surface area contributed by atoms with Gasteiger partial charge in [0.1, 0.15) is 12.1 Å². The summed E-state index contributed by atoms with van der Waals surface area (Å²) in [6, 6.07) is 0. The predicted octanol–water partition coefficient (Wildman–Crippen LogP) is 4.14. The smallest absolute Gasteiger partial charge is 0.172 e. The lowest BCUT2D eigenvalue weighted by molar-refractivity contribution is -0.164. The minimum atomic E-state index is -0.781. The van der Waals surface area contributed by atoms with Crippen molar-refractivity contribution in [2.24, 2.45) is 22.7 Å². The van der Waals surface area contributed by atoms with Gasteiger partial charge in [-0.1, -0.05) is 18.6 Å². The van der Waals surface area contributed by atoms with Gasteiger partial charge in [-0.05, 0) is 73.8 Å². The maximum absolute atomic E-state index is 12.5. The summed E-state index contributed by atoms with van der Waals surface area (Å²) in [4.78, 5) is 24.6. The number of ketones is 1. The first kappa shape index (κ1) is 17.8. The van der Waals surface area contributed by atoms with Crippen molar-refractivity contribution < 1.29 is 19.1 Å². The standard InChI is InChI=1S/C23H30O4/c1-15(25)22(14-24)9-7-20-19-4-3-16-13-23(26-11-12-27-23)10-6-17(16)18(19)5-8-21(20,22)2/h5,14,19-20H,3-4,6-13H2,1-2H3/t19-,20+,21+,22+/m1/s1. The number of Topliss-reactive ketones (excluding diaryl/α,β-unsaturated/α-hetero) is 1. The molecular weight excluding hydrogens is 340 g/mol. The topological polar surface area (TPSA) is 52.6 Å². The Morgan fingerprint density at radius 2 is 1.96 bits per heavy atom. The Balaban J connectivity index is 1.50. The van der Waals surface area contributed by atoms with E-state index < -0.39 is 5.41 Å². The van der Waals surface area contributed by atoms with E-state index in [1.54, 1.807) is 12.5 Å². The summed E-state index contributed by atoms with van der Waals surface area (Å²) in [5.74, 6) is 0.647. The summed E-state index contributed by atoms with van der Waals surface area (Å²) in [5, 5.41) is 0. The van der Waals surface area contributed by atoms with Gasteiger partial charge in [0.15, 0.2) is 5.79 Å². The molecule has 2 fully saturated rings. The van der Waals surface area contributed by atoms with E-state index in [2.05, 4.69) is 13.0 Å². The number of fused-ring (bicyclic) bond motifs is 4. The van der Waals surface area contributed by atoms with Crippen LogP contribution in [0.25, 0.3) is 0 Å². The summed E-state index contributed by atoms with van der Waals surface area (Å²) in [7, 11) is 0. The van der Waals surface area contributed by atoms with Crippen LogP contribution in [0.15, 0.2) is 22.8 Å². The minimum Gasteiger partial charge on any atom is -0.347 e. The normalized spacial score (nSPS) is 42.4. The Bertz CT molecular complexity index is 756. The van der Waals surface area contributed by atoms with Crippen molar-refractivity contribution >= 4 is 12.1 Å². The fraction of sp³-hybridized carbons (Fsp3) is 0.739. The molecule has 5 aliphatic rings. The molecule has 0 N–H and O–H groups in total. The van der Waals surface area contributed by atoms with Crippen LogP contribution in [0.5, 0.6) is 0 Å². The summed E-state index contributed by atoms with van der Waals surface area (Å²) >= 11 is 0. The molecule has 0 aromatic heterocycles. The minimum absolute atomic E-state index is 0.0604. The lowest BCUT2D eigenvalue weighted by atomic mass is 9.53. The highest BCUT2D eigenvalue weighted by Crippen LogP contribution is 2.65. The van der Waals surface area contributed by atoms with Gasteiger partial charge in [0.2, 0.25) is 0 Å². The fourth-order valence-corrected chi connectivity index (χ4v) is 7.22. The van der Waals surface area contributed by atoms with Gasteiger partial charge in [-0.3, -0.25) is 4.79 Å². The van der Waals surface area contributed by atoms with Crippen molar-refractivity contribution in [1.29, 1.82) is 0 Å². The zero-order valence-electron chi connectivity index (χ0n) is 16.5. The highest BCUT2D eigenvalue weighted by Gasteiger charge is 2.63. The lowest BCUT2D eigenvalue weighted by Crippen LogP contribution is -2.49. The number of allylic oxidation sites excluding steroid dienone is 3. The largest absolute Gasteiger partial charge is 0.347 e. The zero-order valence-corrected chi connectivity index (χ0v) is 16.5. The van der Waals surface area contributed by atoms with Gasteiger partial charge in [-0.25, -0.2) is 0 Å². The number of carbonyl (C=O) groups is 2. The summed E-state index contributed by atoms with van der Waals surface area (Å²) in [6.07, 6.45) is 11.1. The summed E-state index contributed by atoms with van der Waals surface area (Å²) in [5.41, 5.74) is 3.60. The maximum Gasteiger partial charge on any atom is 0.172 e. The number of carbonyl (C=O) groups excluding carboxylic acids is 2. The SMILES string of the molecule is CC(=O)[C@@]1(C=O)CC[C@H]2[C@@H]3CCC4=C(CCC5(C4)OCCO5)C3=CC[C@@]21C. The Morgan fingerprint density at radius 1 is 1.19 bits per heavy atom. The van der Waals surface area contributed by atoms with Crippen molar-refractivity contribution in [2.45, 2.75) is 71.0 Å². The van der Waals surface area contributed by atoms with E-state index in [1.807, 2.05) is 0 Å². The number of ether oxygens (including phenoxy) is 2. The third kappa shape index (κ3) is 2.23. The van der Waals surface area contributed by atoms with Crippen molar-refractivity contribution in [3.05, 3.63) is 22.8 Å². The first-order chi connectivity index (χ1) is 12.9. The third-order valence-corrected chi connectivity index (χ3v) is 8.73. The van der Waals surface area contributed by atoms with Gasteiger partial charge >= 0.3 is 0 Å². The third-order valence-electron chi connectivity index (χ3n) is 8.73. The van der Waals surface area contributed by atoms with Crippen LogP contribution in [0.4, 0.5) is 0 Å². The van der Waals surface area contributed by atoms with E-state index in [0.29, 0.717) is 25.0 Å². The lowest BCUT2D eigenvalue weighted by Gasteiger charge is -2.50. The Hall–Kier alpha value is -1.26. The Morgan fingerprint density at radius 3 is 2.67 bits per heavy atom. The van der Waals surface area contributed by atoms with Crippen molar-refractivity contribution in [3.8, 4) is 0 Å². The number of hydrogen-bond acceptors (Lipinski definition) is 4. The van der Waals surface area contributed by atoms with Crippen LogP contribution in [0.1, 0.15) is 65.2 Å². The van der Waals surface area contributed by atoms with Crippen LogP contribution in [-0.2, 0) is 19.1 Å². The molecule has 1 heterocycles. The summed E-state index contributed by atoms with van der Waals surface area (Å²) < 4.78 is 11.9. The molecule has 1 saturated heterocycles. The van der Waals surface area contributed by atoms with Crippen LogP contribution in [0.2, 0.25) is 0 Å². The molecule has 4 atom stereocenters. The number of rotatable bonds is 2. The second-order valence-electron chi connectivity index (χ2n) is 9.58. The molecule has 1 spiro atoms. The van der Waals surface area contributed by atoms with Crippen molar-refractivity contribution in [1.82, 2.24) is 0 Å². The van der Waals surface area contributed by atoms with Gasteiger partial charge in [-0.2, -0.15) is 0 Å². The first-order valence-corrected chi connectivity index (χ1v) is 10.6. The molecule has 146 valence electrons. The summed E-state index contributed by atoms with van der Waals surface area (Å²) in [6.45, 7) is 5.25. The molecule has 0 bridgehead atoms. The number of aldehydes is 1. The van der Waals surface area contributed by atoms with Crippen molar-refractivity contribution in [2.75, 3.05) is 13.2 Å². The molecule has 1 aliphatic heterocycles. The molecule has 4 aliphatic carbocycles. The van der Waals surface area contributed by atoms with Gasteiger partial charge in [0.25, 0.3) is 0 Å². The van der Waals surface area contributed by atoms with Gasteiger partial charge in [0.05, 0.1) is 18.6 Å². The van der Waals surface area contributed by atoms with Crippen molar-refractivity contribution in [3.63, 3.8) is 0 Å². The maximum atomic E-state index is 12.5. The van der Waals surface area contributed by atoms with Gasteiger partial charge in [-0.15, -0.1) is 0 Å². The van der Waals surface area contributed by atoms with E-state index in [1.165, 1.54) is 11.1 Å². The average molecular weight is 370 g/mol. The molecular formula is C23H30O4. The van der Waals surface area contributed by atoms with Gasteiger partial charge in [0, 0.05) is 12.8 Å². The molecule has 27 heavy (non-hydrogen) atoms. The first-order valence-electron chi connectivity index (χ1n) is 10.6. The van der Waals surface area contributed by atoms with E-state index >= 15 is 0 Å². The van der Waals surface area contributed by atoms with Crippen LogP contribution in [-0.4, -0.2) is 31.1 Å². The molecule has 1 saturated carbocycles. The van der Waals surface area contributed by atoms with E-state index in [4.69, 9.17) is 9.47 Å². The van der Waals surface area contributed by atoms with Gasteiger partial charge < -0.3 is 14.3 Å². The highest BCUT2D eigenvalue weighted by molar-refractivity contribution is 5.98. The number of hydrogen-bond donors (Lipinski definition) is 0. The van der Waals surface area contributed by atoms with E-state index in [0.717, 1.165) is 57.7 Å². The molecule has 4 heteroatoms. The van der Waals surface area contributed by atoms with E-state index in [9.17, 15) is 9.59 Å². The van der Waals surface area contributed by atoms with Crippen LogP contribution in [0.3, 0.4) is 0 Å². The molecule has 4 nitrogen and oxygen atoms in total. The van der Waals surface area contributed by atoms with Crippen LogP contribution in [0, 0.1) is 22.7 Å². The molecule has 0 amide bonds. The van der Waals surface area contributed by atoms with Crippen LogP contribution < -0.4 is 0 Å². The average Bonchev–Trinajstić information content (AvgIpc) is 3.23. The monoisotopic (exact) mass is 370 g/mol. The fourth-order valence-electron chi connectivity index (χ4n) is 7.22. The van der Waals surface area contributed by atoms with E-state index in [-0.39, 0.29) is 17.0 Å². The Kier molecular flexibility index (Phi) is 3.87. The Labute approximate surface area is 161 Å². The highest BCUT2D eigenvalue weighted by atomic mass is 16.7. The molecule has 0 radical (unpaired) electrons. The second kappa shape index (κ2) is 5.87. The molecule has 0 unspecified atom stereocenters. The molecule has 0 aromatic carbocycles. The zero-order chi connectivity index (χ0) is 18.9.